The molecule has 2 aromatic carbocycles. The summed E-state index contributed by atoms with van der Waals surface area (Å²) < 4.78 is 3.34. The van der Waals surface area contributed by atoms with E-state index in [1.54, 1.807) is 16.1 Å². The number of hydrogen-bond donors (Lipinski definition) is 1. The molecule has 1 atom stereocenters. The Morgan fingerprint density at radius 2 is 1.79 bits per heavy atom. The zero-order chi connectivity index (χ0) is 19.8. The molecule has 1 unspecified atom stereocenters. The van der Waals surface area contributed by atoms with Crippen LogP contribution in [0.3, 0.4) is 0 Å². The van der Waals surface area contributed by atoms with Gasteiger partial charge < -0.3 is 9.78 Å². The van der Waals surface area contributed by atoms with Crippen LogP contribution in [0.4, 0.5) is 0 Å². The van der Waals surface area contributed by atoms with Gasteiger partial charge >= 0.3 is 5.69 Å². The average molecular weight is 374 g/mol. The summed E-state index contributed by atoms with van der Waals surface area (Å²) >= 11 is 0. The van der Waals surface area contributed by atoms with Gasteiger partial charge in [0, 0.05) is 12.1 Å². The number of rotatable bonds is 6. The van der Waals surface area contributed by atoms with E-state index in [2.05, 4.69) is 11.6 Å². The Morgan fingerprint density at radius 1 is 1.11 bits per heavy atom. The molecule has 2 heterocycles. The lowest BCUT2D eigenvalue weighted by Crippen LogP contribution is -2.28. The number of H-pyrrole nitrogens is 1. The molecule has 0 saturated carbocycles. The third-order valence-electron chi connectivity index (χ3n) is 4.97. The van der Waals surface area contributed by atoms with E-state index in [4.69, 9.17) is 4.98 Å². The Morgan fingerprint density at radius 3 is 2.46 bits per heavy atom. The van der Waals surface area contributed by atoms with Crippen LogP contribution in [0.15, 0.2) is 59.9 Å². The van der Waals surface area contributed by atoms with Crippen molar-refractivity contribution in [1.82, 2.24) is 19.1 Å². The molecule has 0 bridgehead atoms. The van der Waals surface area contributed by atoms with Crippen LogP contribution in [-0.2, 0) is 4.79 Å². The highest BCUT2D eigenvalue weighted by molar-refractivity contribution is 5.80. The third-order valence-corrected chi connectivity index (χ3v) is 4.97. The number of fused-ring (bicyclic) bond motifs is 2. The highest BCUT2D eigenvalue weighted by Crippen LogP contribution is 2.27. The number of para-hydroxylation sites is 4. The minimum atomic E-state index is -0.380. The summed E-state index contributed by atoms with van der Waals surface area (Å²) in [6.45, 7) is 7.34. The van der Waals surface area contributed by atoms with Crippen molar-refractivity contribution in [1.29, 1.82) is 0 Å². The van der Waals surface area contributed by atoms with Gasteiger partial charge in [0.15, 0.2) is 0 Å². The van der Waals surface area contributed by atoms with Crippen molar-refractivity contribution in [3.8, 4) is 0 Å². The second-order valence-electron chi connectivity index (χ2n) is 7.11. The van der Waals surface area contributed by atoms with Crippen molar-refractivity contribution in [2.24, 2.45) is 0 Å². The van der Waals surface area contributed by atoms with E-state index in [9.17, 15) is 9.59 Å². The number of hydrogen-bond acceptors (Lipinski definition) is 3. The molecule has 142 valence electrons. The van der Waals surface area contributed by atoms with Crippen LogP contribution in [0.25, 0.3) is 27.8 Å². The van der Waals surface area contributed by atoms with Gasteiger partial charge in [0.1, 0.15) is 11.6 Å². The van der Waals surface area contributed by atoms with Crippen molar-refractivity contribution >= 4 is 33.5 Å². The van der Waals surface area contributed by atoms with Crippen LogP contribution in [0.2, 0.25) is 0 Å². The predicted octanol–water partition coefficient (Wildman–Crippen LogP) is 4.13. The van der Waals surface area contributed by atoms with Crippen LogP contribution in [0.5, 0.6) is 0 Å². The van der Waals surface area contributed by atoms with Gasteiger partial charge in [-0.1, -0.05) is 30.8 Å². The normalized spacial score (nSPS) is 12.5. The number of carbonyl (C=O) groups excluding carboxylic acids is 1. The standard InChI is InChI=1S/C22H22N4O2/c1-14(2)25-18-10-6-7-11-19(18)26(22(25)28)20(13-12-15(3)27)21-23-16-8-4-5-9-17(16)24-21/h4-11,20H,1,12-13H2,2-3H3,(H,23,24). The minimum Gasteiger partial charge on any atom is -0.340 e. The van der Waals surface area contributed by atoms with E-state index in [1.165, 1.54) is 0 Å². The number of aromatic nitrogens is 4. The van der Waals surface area contributed by atoms with Gasteiger partial charge in [-0.25, -0.2) is 9.78 Å². The van der Waals surface area contributed by atoms with Crippen molar-refractivity contribution < 1.29 is 4.79 Å². The molecular formula is C22H22N4O2. The van der Waals surface area contributed by atoms with Crippen LogP contribution in [-0.4, -0.2) is 24.9 Å². The molecule has 0 amide bonds. The lowest BCUT2D eigenvalue weighted by atomic mass is 10.1. The van der Waals surface area contributed by atoms with E-state index in [0.29, 0.717) is 24.4 Å². The molecule has 0 fully saturated rings. The van der Waals surface area contributed by atoms with Crippen molar-refractivity contribution in [3.63, 3.8) is 0 Å². The Labute approximate surface area is 162 Å². The van der Waals surface area contributed by atoms with Crippen LogP contribution < -0.4 is 5.69 Å². The average Bonchev–Trinajstić information content (AvgIpc) is 3.21. The van der Waals surface area contributed by atoms with Crippen molar-refractivity contribution in [2.75, 3.05) is 0 Å². The van der Waals surface area contributed by atoms with Gasteiger partial charge in [0.05, 0.1) is 28.1 Å². The fourth-order valence-corrected chi connectivity index (χ4v) is 3.70. The van der Waals surface area contributed by atoms with Crippen LogP contribution >= 0.6 is 0 Å². The molecule has 0 aliphatic rings. The number of allylic oxidation sites excluding steroid dienone is 1. The summed E-state index contributed by atoms with van der Waals surface area (Å²) in [4.78, 5) is 33.1. The first-order valence-corrected chi connectivity index (χ1v) is 9.29. The largest absolute Gasteiger partial charge is 0.340 e. The predicted molar refractivity (Wildman–Crippen MR) is 111 cm³/mol. The summed E-state index contributed by atoms with van der Waals surface area (Å²) in [6.07, 6.45) is 0.847. The maximum absolute atomic E-state index is 13.3. The maximum atomic E-state index is 13.3. The quantitative estimate of drug-likeness (QED) is 0.551. The maximum Gasteiger partial charge on any atom is 0.334 e. The first-order chi connectivity index (χ1) is 13.5. The highest BCUT2D eigenvalue weighted by atomic mass is 16.2. The molecule has 0 saturated heterocycles. The fraction of sp³-hybridized carbons (Fsp3) is 0.227. The fourth-order valence-electron chi connectivity index (χ4n) is 3.70. The van der Waals surface area contributed by atoms with Gasteiger partial charge in [-0.3, -0.25) is 9.13 Å². The van der Waals surface area contributed by atoms with Crippen molar-refractivity contribution in [2.45, 2.75) is 32.7 Å². The number of nitrogens with one attached hydrogen (secondary N) is 1. The molecule has 6 heteroatoms. The number of nitrogens with zero attached hydrogens (tertiary/aromatic N) is 3. The smallest absolute Gasteiger partial charge is 0.334 e. The minimum absolute atomic E-state index is 0.0813. The molecular weight excluding hydrogens is 352 g/mol. The monoisotopic (exact) mass is 374 g/mol. The second-order valence-corrected chi connectivity index (χ2v) is 7.11. The SMILES string of the molecule is C=C(C)n1c(=O)n(C(CCC(C)=O)c2nc3ccccc3[nH]2)c2ccccc21. The second kappa shape index (κ2) is 6.96. The van der Waals surface area contributed by atoms with Gasteiger partial charge in [-0.2, -0.15) is 0 Å². The lowest BCUT2D eigenvalue weighted by molar-refractivity contribution is -0.117. The molecule has 4 rings (SSSR count). The van der Waals surface area contributed by atoms with E-state index in [-0.39, 0.29) is 17.5 Å². The molecule has 0 spiro atoms. The number of carbonyl (C=O) groups is 1. The molecule has 28 heavy (non-hydrogen) atoms. The molecule has 0 aliphatic carbocycles. The molecule has 6 nitrogen and oxygen atoms in total. The molecule has 0 aliphatic heterocycles. The summed E-state index contributed by atoms with van der Waals surface area (Å²) in [7, 11) is 0. The zero-order valence-electron chi connectivity index (χ0n) is 16.0. The summed E-state index contributed by atoms with van der Waals surface area (Å²) in [5.74, 6) is 0.756. The van der Waals surface area contributed by atoms with Crippen molar-refractivity contribution in [3.05, 3.63) is 71.4 Å². The molecule has 4 aromatic rings. The Kier molecular flexibility index (Phi) is 4.47. The number of aromatic amines is 1. The van der Waals surface area contributed by atoms with Crippen LogP contribution in [0.1, 0.15) is 38.6 Å². The van der Waals surface area contributed by atoms with Crippen LogP contribution in [0, 0.1) is 0 Å². The van der Waals surface area contributed by atoms with Gasteiger partial charge in [0.25, 0.3) is 0 Å². The summed E-state index contributed by atoms with van der Waals surface area (Å²) in [5, 5.41) is 0. The van der Waals surface area contributed by atoms with Gasteiger partial charge in [-0.05, 0) is 44.5 Å². The number of Topliss-reactive ketones (excluding diaryl/α,β-unsaturated/α-hetero) is 1. The Hall–Kier alpha value is -3.41. The van der Waals surface area contributed by atoms with E-state index in [1.807, 2.05) is 55.5 Å². The number of benzene rings is 2. The molecule has 0 radical (unpaired) electrons. The first-order valence-electron chi connectivity index (χ1n) is 9.29. The molecule has 1 N–H and O–H groups in total. The summed E-state index contributed by atoms with van der Waals surface area (Å²) in [5.41, 5.74) is 3.80. The van der Waals surface area contributed by atoms with Gasteiger partial charge in [-0.15, -0.1) is 0 Å². The number of imidazole rings is 2. The number of ketones is 1. The highest BCUT2D eigenvalue weighted by Gasteiger charge is 2.25. The van der Waals surface area contributed by atoms with E-state index < -0.39 is 0 Å². The third kappa shape index (κ3) is 2.97. The first kappa shape index (κ1) is 18.0. The van der Waals surface area contributed by atoms with E-state index in [0.717, 1.165) is 22.1 Å². The summed E-state index contributed by atoms with van der Waals surface area (Å²) in [6, 6.07) is 15.0. The topological polar surface area (TPSA) is 72.7 Å². The van der Waals surface area contributed by atoms with Gasteiger partial charge in [0.2, 0.25) is 0 Å². The molecule has 2 aromatic heterocycles. The Bertz CT molecular complexity index is 1230. The zero-order valence-corrected chi connectivity index (χ0v) is 16.0. The van der Waals surface area contributed by atoms with E-state index >= 15 is 0 Å². The lowest BCUT2D eigenvalue weighted by Gasteiger charge is -2.16. The Balaban J connectivity index is 1.97.